The zero-order valence-corrected chi connectivity index (χ0v) is 82.2. The van der Waals surface area contributed by atoms with E-state index in [0.717, 1.165) is 72.7 Å². The van der Waals surface area contributed by atoms with Gasteiger partial charge in [-0.25, -0.2) is 41.6 Å². The first-order valence-electron chi connectivity index (χ1n) is 44.1. The molecule has 0 bridgehead atoms. The number of Topliss-reactive ketones (excluding diaryl/α,β-unsaturated/α-hetero) is 1. The molecule has 0 aliphatic carbocycles. The molecule has 0 aliphatic rings. The maximum atomic E-state index is 12.9. The van der Waals surface area contributed by atoms with Crippen LogP contribution in [0.1, 0.15) is 130 Å². The van der Waals surface area contributed by atoms with Crippen molar-refractivity contribution in [1.82, 2.24) is 54.5 Å². The molecule has 0 fully saturated rings. The number of carbonyl (C=O) groups is 9. The number of alkyl halides is 2. The number of aliphatic hydroxyl groups is 2. The summed E-state index contributed by atoms with van der Waals surface area (Å²) in [6, 6.07) is 68.5. The summed E-state index contributed by atoms with van der Waals surface area (Å²) >= 11 is 15.1. The number of hydrogen-bond acceptors (Lipinski definition) is 23. The molecule has 6 amide bonds. The molecule has 33 nitrogen and oxygen atoms in total. The number of halogens is 3. The van der Waals surface area contributed by atoms with Crippen molar-refractivity contribution in [3.05, 3.63) is 272 Å². The summed E-state index contributed by atoms with van der Waals surface area (Å²) in [4.78, 5) is 135. The number of ketones is 1. The summed E-state index contributed by atoms with van der Waals surface area (Å²) in [5.41, 5.74) is 13.8. The predicted molar refractivity (Wildman–Crippen MR) is 546 cm³/mol. The van der Waals surface area contributed by atoms with Crippen molar-refractivity contribution in [2.24, 2.45) is 5.90 Å². The Morgan fingerprint density at radius 3 is 1.12 bits per heavy atom. The van der Waals surface area contributed by atoms with Gasteiger partial charge in [0.25, 0.3) is 11.8 Å². The number of nitrogens with one attached hydrogen (secondary N) is 4. The number of methoxy groups -OCH3 is 1. The van der Waals surface area contributed by atoms with Crippen molar-refractivity contribution >= 4 is 168 Å². The molecule has 137 heavy (non-hydrogen) atoms. The van der Waals surface area contributed by atoms with Gasteiger partial charge >= 0.3 is 5.97 Å². The van der Waals surface area contributed by atoms with E-state index in [0.29, 0.717) is 68.0 Å². The lowest BCUT2D eigenvalue weighted by Crippen LogP contribution is -2.41. The van der Waals surface area contributed by atoms with Crippen molar-refractivity contribution in [2.75, 3.05) is 116 Å². The van der Waals surface area contributed by atoms with Crippen molar-refractivity contribution < 1.29 is 78.1 Å². The average molecular weight is 1960 g/mol. The molecule has 4 aromatic heterocycles. The smallest absolute Gasteiger partial charge is 0.340 e. The number of hydroxylamine groups is 2. The van der Waals surface area contributed by atoms with Gasteiger partial charge in [0, 0.05) is 66.7 Å². The Hall–Kier alpha value is -12.9. The molecule has 4 heterocycles. The quantitative estimate of drug-likeness (QED) is 0.00267. The van der Waals surface area contributed by atoms with Gasteiger partial charge in [-0.3, -0.25) is 48.8 Å². The van der Waals surface area contributed by atoms with Crippen LogP contribution in [0.4, 0.5) is 28.4 Å². The maximum Gasteiger partial charge on any atom is 0.340 e. The fourth-order valence-corrected chi connectivity index (χ4v) is 14.4. The minimum Gasteiger partial charge on any atom is -0.465 e. The molecule has 0 unspecified atom stereocenters. The molecular weight excluding hydrogens is 1830 g/mol. The van der Waals surface area contributed by atoms with Crippen LogP contribution < -0.4 is 41.8 Å². The Labute approximate surface area is 816 Å². The third kappa shape index (κ3) is 36.2. The van der Waals surface area contributed by atoms with Gasteiger partial charge in [-0.1, -0.05) is 185 Å². The lowest BCUT2D eigenvalue weighted by atomic mass is 10.1. The SMILES string of the molecule is C.CC(C)(C)[Si](C)(C)OCCNc1ccccc1.CCCN(C(=O)CCl)c1ccccc1.CCCN(C(=O)Cn1cnc2c(C(=O)NO)cccc21)c1ccccc1.CCCN(C(=O)Cn1cnc2c(C(=O)OC)cccc21)c1ccccc1.CCN(CC)CC.NO.O=C(CO)c1cccc2[nH]cnc12.O=C(Cl)CCl.O=C(NO)c1cccc2c1ncn2CC(=O)N(CCO)c1ccccc1. The Morgan fingerprint density at radius 2 is 0.803 bits per heavy atom. The highest BCUT2D eigenvalue weighted by atomic mass is 35.5. The molecule has 9 aromatic carbocycles. The molecule has 0 atom stereocenters. The average Bonchev–Trinajstić information content (AvgIpc) is 1.66. The number of aromatic amines is 1. The van der Waals surface area contributed by atoms with E-state index in [9.17, 15) is 48.3 Å². The monoisotopic (exact) mass is 1960 g/mol. The van der Waals surface area contributed by atoms with Gasteiger partial charge in [0.1, 0.15) is 48.7 Å². The number of benzene rings is 9. The van der Waals surface area contributed by atoms with Crippen molar-refractivity contribution in [3.8, 4) is 0 Å². The molecular formula is C100H130Cl3N17O16Si. The Balaban J connectivity index is 0.000000339. The van der Waals surface area contributed by atoms with Gasteiger partial charge in [-0.15, -0.1) is 23.2 Å². The zero-order valence-electron chi connectivity index (χ0n) is 78.9. The number of carbonyl (C=O) groups excluding carboxylic acids is 9. The number of imidazole rings is 4. The fraction of sp³-hybridized carbons (Fsp3) is 0.330. The topological polar surface area (TPSA) is 434 Å². The van der Waals surface area contributed by atoms with Crippen LogP contribution in [0, 0.1) is 0 Å². The van der Waals surface area contributed by atoms with Crippen molar-refractivity contribution in [1.29, 1.82) is 0 Å². The summed E-state index contributed by atoms with van der Waals surface area (Å²) in [5.74, 6) is 1.04. The van der Waals surface area contributed by atoms with Gasteiger partial charge in [-0.2, -0.15) is 0 Å². The van der Waals surface area contributed by atoms with Crippen LogP contribution in [-0.4, -0.2) is 221 Å². The first kappa shape index (κ1) is 116. The van der Waals surface area contributed by atoms with E-state index in [1.54, 1.807) is 112 Å². The summed E-state index contributed by atoms with van der Waals surface area (Å²) < 4.78 is 16.0. The second-order valence-electron chi connectivity index (χ2n) is 31.1. The standard InChI is InChI=1S/C20H21N3O3.C19H20N4O3.C18H18N4O4.C14H25NOSi.C11H14ClNO.C9H8N2O2.C6H15N.C2H2Cl2O.CH4.H3NO/c1-3-12-23(15-8-5-4-6-9-15)18(24)13-22-14-21-19-16(20(25)26-2)10-7-11-17(19)22;1-2-11-23(14-7-4-3-5-8-14)17(24)12-22-13-20-18-15(19(25)21-26)9-6-10-16(18)22;23-10-9-22(13-5-2-1-3-6-13)16(24)11-21-12-19-17-14(18(25)20-26)7-4-8-15(17)21;1-14(2,3)17(4,5)16-12-11-15-13-9-7-6-8-10-13;1-2-8-13(11(14)9-12)10-6-4-3-5-7-10;12-4-8(13)6-2-1-3-7-9(6)11-5-10-7;1-4-7(5-2)6-3;3-1-2(4)5;;1-2/h4-11,14H,3,12-13H2,1-2H3;3-10,13,26H,2,11-12H2,1H3,(H,21,25);1-8,12,23,26H,9-11H2,(H,20,25);6-10,15H,11-12H2,1-5H3;3-7H,2,8-9H2,1H3;1-3,5,12H,4H2,(H,10,11);4-6H2,1-3H3;1H2;1H4;2H,1H2. The molecule has 0 saturated heterocycles. The normalized spacial score (nSPS) is 10.5. The molecule has 11 N–H and O–H groups in total. The zero-order chi connectivity index (χ0) is 100. The molecule has 13 rings (SSSR count). The van der Waals surface area contributed by atoms with E-state index >= 15 is 0 Å². The summed E-state index contributed by atoms with van der Waals surface area (Å²) in [5, 5.41) is 45.3. The van der Waals surface area contributed by atoms with Gasteiger partial charge in [-0.05, 0) is 178 Å². The van der Waals surface area contributed by atoms with Crippen LogP contribution in [-0.2, 0) is 52.8 Å². The lowest BCUT2D eigenvalue weighted by Gasteiger charge is -2.36. The van der Waals surface area contributed by atoms with Gasteiger partial charge in [0.2, 0.25) is 28.9 Å². The molecule has 13 aromatic rings. The predicted octanol–water partition coefficient (Wildman–Crippen LogP) is 16.9. The number of H-pyrrole nitrogens is 1. The number of amides is 6. The summed E-state index contributed by atoms with van der Waals surface area (Å²) in [7, 11) is -0.246. The molecule has 37 heteroatoms. The second kappa shape index (κ2) is 62.7. The van der Waals surface area contributed by atoms with Gasteiger partial charge in [0.15, 0.2) is 14.1 Å². The molecule has 0 aliphatic heterocycles. The Bertz CT molecular complexity index is 5430. The van der Waals surface area contributed by atoms with E-state index in [1.165, 1.54) is 56.7 Å². The van der Waals surface area contributed by atoms with E-state index in [-0.39, 0.29) is 92.5 Å². The van der Waals surface area contributed by atoms with Gasteiger partial charge in [0.05, 0.1) is 95.8 Å². The van der Waals surface area contributed by atoms with Crippen LogP contribution in [0.25, 0.3) is 44.1 Å². The first-order chi connectivity index (χ1) is 65.5. The second-order valence-corrected chi connectivity index (χ2v) is 36.9. The number of para-hydroxylation sites is 9. The number of aromatic nitrogens is 8. The number of aliphatic hydroxyl groups excluding tert-OH is 2. The number of anilines is 5. The Kier molecular flexibility index (Phi) is 53.2. The Morgan fingerprint density at radius 1 is 0.460 bits per heavy atom. The van der Waals surface area contributed by atoms with E-state index in [4.69, 9.17) is 64.7 Å². The van der Waals surface area contributed by atoms with E-state index in [2.05, 4.69) is 108 Å². The van der Waals surface area contributed by atoms with Crippen LogP contribution >= 0.6 is 34.8 Å². The van der Waals surface area contributed by atoms with E-state index in [1.807, 2.05) is 160 Å². The van der Waals surface area contributed by atoms with Crippen molar-refractivity contribution in [3.63, 3.8) is 0 Å². The molecule has 0 radical (unpaired) electrons. The summed E-state index contributed by atoms with van der Waals surface area (Å²) in [6.07, 6.45) is 8.75. The maximum absolute atomic E-state index is 12.9. The third-order valence-electron chi connectivity index (χ3n) is 21.0. The number of hydrogen-bond donors (Lipinski definition) is 10. The van der Waals surface area contributed by atoms with Crippen LogP contribution in [0.2, 0.25) is 18.1 Å². The van der Waals surface area contributed by atoms with Crippen LogP contribution in [0.5, 0.6) is 0 Å². The highest BCUT2D eigenvalue weighted by Crippen LogP contribution is 2.36. The van der Waals surface area contributed by atoms with E-state index < -0.39 is 38.0 Å². The number of nitrogens with two attached hydrogens (primary N) is 1. The summed E-state index contributed by atoms with van der Waals surface area (Å²) in [6.45, 7) is 31.0. The highest BCUT2D eigenvalue weighted by molar-refractivity contribution is 6.74. The number of fused-ring (bicyclic) bond motifs is 4. The number of rotatable bonds is 33. The number of nitrogens with zero attached hydrogens (tertiary/aromatic N) is 12. The fourth-order valence-electron chi connectivity index (χ4n) is 13.2. The number of esters is 1. The van der Waals surface area contributed by atoms with Crippen LogP contribution in [0.15, 0.2) is 250 Å². The number of ether oxygens (including phenoxy) is 1. The minimum atomic E-state index is -1.58. The first-order valence-corrected chi connectivity index (χ1v) is 48.5. The lowest BCUT2D eigenvalue weighted by molar-refractivity contribution is -0.120. The third-order valence-corrected chi connectivity index (χ3v) is 26.3. The van der Waals surface area contributed by atoms with Crippen molar-refractivity contribution in [2.45, 2.75) is 127 Å². The molecule has 736 valence electrons. The molecule has 0 saturated carbocycles. The molecule has 0 spiro atoms. The van der Waals surface area contributed by atoms with Gasteiger partial charge < -0.3 is 73.1 Å². The van der Waals surface area contributed by atoms with Crippen LogP contribution in [0.3, 0.4) is 0 Å². The highest BCUT2D eigenvalue weighted by Gasteiger charge is 2.37. The largest absolute Gasteiger partial charge is 0.465 e. The minimum absolute atomic E-state index is 0.